The number of nitrogens with two attached hydrogens (primary N) is 4. The van der Waals surface area contributed by atoms with Crippen LogP contribution >= 0.6 is 0 Å². The van der Waals surface area contributed by atoms with Gasteiger partial charge in [-0.3, -0.25) is 19.4 Å². The van der Waals surface area contributed by atoms with Crippen molar-refractivity contribution in [2.24, 2.45) is 27.9 Å². The monoisotopic (exact) mass is 359 g/mol. The summed E-state index contributed by atoms with van der Waals surface area (Å²) in [7, 11) is 0. The van der Waals surface area contributed by atoms with Crippen molar-refractivity contribution in [2.75, 3.05) is 13.1 Å². The number of aliphatic carboxylic acids is 1. The van der Waals surface area contributed by atoms with Gasteiger partial charge < -0.3 is 38.7 Å². The van der Waals surface area contributed by atoms with Crippen molar-refractivity contribution in [3.8, 4) is 0 Å². The van der Waals surface area contributed by atoms with E-state index in [-0.39, 0.29) is 31.8 Å². The Morgan fingerprint density at radius 1 is 1.08 bits per heavy atom. The molecule has 0 aliphatic carbocycles. The average molecular weight is 359 g/mol. The van der Waals surface area contributed by atoms with Crippen LogP contribution in [-0.2, 0) is 19.2 Å². The number of aliphatic imine (C=N–C) groups is 1. The van der Waals surface area contributed by atoms with E-state index in [2.05, 4.69) is 15.6 Å². The fraction of sp³-hybridized carbons (Fsp3) is 0.615. The number of carbonyl (C=O) groups is 4. The fourth-order valence-corrected chi connectivity index (χ4v) is 1.73. The largest absolute Gasteiger partial charge is 0.480 e. The van der Waals surface area contributed by atoms with Crippen molar-refractivity contribution < 1.29 is 24.3 Å². The highest BCUT2D eigenvalue weighted by atomic mass is 16.4. The van der Waals surface area contributed by atoms with Gasteiger partial charge in [-0.05, 0) is 19.3 Å². The number of carbonyl (C=O) groups excluding carboxylic acids is 3. The summed E-state index contributed by atoms with van der Waals surface area (Å²) in [5, 5.41) is 13.6. The van der Waals surface area contributed by atoms with Gasteiger partial charge in [-0.1, -0.05) is 0 Å². The minimum atomic E-state index is -1.22. The fourth-order valence-electron chi connectivity index (χ4n) is 1.73. The van der Waals surface area contributed by atoms with Crippen LogP contribution in [0, 0.1) is 0 Å². The minimum Gasteiger partial charge on any atom is -0.480 e. The molecule has 0 aromatic carbocycles. The molecule has 0 rings (SSSR count). The molecule has 0 saturated heterocycles. The summed E-state index contributed by atoms with van der Waals surface area (Å²) < 4.78 is 0. The summed E-state index contributed by atoms with van der Waals surface area (Å²) in [4.78, 5) is 48.8. The van der Waals surface area contributed by atoms with Gasteiger partial charge in [0.1, 0.15) is 6.04 Å². The van der Waals surface area contributed by atoms with Crippen LogP contribution in [0.3, 0.4) is 0 Å². The Hall–Kier alpha value is -2.89. The van der Waals surface area contributed by atoms with Crippen LogP contribution in [0.5, 0.6) is 0 Å². The lowest BCUT2D eigenvalue weighted by Crippen LogP contribution is -2.48. The van der Waals surface area contributed by atoms with E-state index in [1.165, 1.54) is 0 Å². The van der Waals surface area contributed by atoms with Crippen molar-refractivity contribution in [3.05, 3.63) is 0 Å². The quantitative estimate of drug-likeness (QED) is 0.104. The molecule has 0 heterocycles. The molecule has 0 aliphatic heterocycles. The third kappa shape index (κ3) is 11.3. The average Bonchev–Trinajstić information content (AvgIpc) is 2.52. The molecule has 142 valence electrons. The molecule has 12 heteroatoms. The Kier molecular flexibility index (Phi) is 10.3. The Labute approximate surface area is 144 Å². The number of primary amides is 1. The van der Waals surface area contributed by atoms with Crippen molar-refractivity contribution in [3.63, 3.8) is 0 Å². The summed E-state index contributed by atoms with van der Waals surface area (Å²) >= 11 is 0. The maximum Gasteiger partial charge on any atom is 0.326 e. The van der Waals surface area contributed by atoms with Gasteiger partial charge in [-0.15, -0.1) is 0 Å². The number of nitrogens with one attached hydrogen (secondary N) is 2. The summed E-state index contributed by atoms with van der Waals surface area (Å²) in [6, 6.07) is -2.13. The number of nitrogens with zero attached hydrogens (tertiary/aromatic N) is 1. The minimum absolute atomic E-state index is 0.0470. The second-order valence-electron chi connectivity index (χ2n) is 5.24. The second-order valence-corrected chi connectivity index (χ2v) is 5.24. The molecule has 0 fully saturated rings. The first-order valence-corrected chi connectivity index (χ1v) is 7.52. The highest BCUT2D eigenvalue weighted by Crippen LogP contribution is 1.99. The van der Waals surface area contributed by atoms with Gasteiger partial charge in [-0.25, -0.2) is 4.79 Å². The number of carboxylic acids is 1. The number of guanidine groups is 1. The van der Waals surface area contributed by atoms with Crippen molar-refractivity contribution >= 4 is 29.7 Å². The van der Waals surface area contributed by atoms with Crippen LogP contribution < -0.4 is 33.6 Å². The van der Waals surface area contributed by atoms with E-state index in [1.54, 1.807) is 0 Å². The van der Waals surface area contributed by atoms with Gasteiger partial charge in [0.25, 0.3) is 0 Å². The third-order valence-corrected chi connectivity index (χ3v) is 3.04. The molecule has 0 aliphatic rings. The molecule has 0 saturated carbocycles. The molecule has 0 spiro atoms. The highest BCUT2D eigenvalue weighted by molar-refractivity contribution is 5.89. The van der Waals surface area contributed by atoms with Gasteiger partial charge in [0.15, 0.2) is 5.96 Å². The van der Waals surface area contributed by atoms with E-state index < -0.39 is 42.3 Å². The molecule has 0 aromatic rings. The van der Waals surface area contributed by atoms with Crippen molar-refractivity contribution in [1.82, 2.24) is 10.6 Å². The molecule has 0 unspecified atom stereocenters. The summed E-state index contributed by atoms with van der Waals surface area (Å²) in [5.74, 6) is -3.25. The Balaban J connectivity index is 4.25. The number of hydrogen-bond donors (Lipinski definition) is 7. The van der Waals surface area contributed by atoms with E-state index in [0.717, 1.165) is 0 Å². The molecule has 0 aromatic heterocycles. The molecule has 25 heavy (non-hydrogen) atoms. The zero-order valence-corrected chi connectivity index (χ0v) is 13.7. The van der Waals surface area contributed by atoms with Crippen LogP contribution in [0.4, 0.5) is 0 Å². The molecule has 2 atom stereocenters. The smallest absolute Gasteiger partial charge is 0.326 e. The maximum atomic E-state index is 11.7. The lowest BCUT2D eigenvalue weighted by atomic mass is 10.1. The molecule has 0 bridgehead atoms. The van der Waals surface area contributed by atoms with Crippen LogP contribution in [0.2, 0.25) is 0 Å². The van der Waals surface area contributed by atoms with Crippen LogP contribution in [-0.4, -0.2) is 59.9 Å². The van der Waals surface area contributed by atoms with E-state index in [4.69, 9.17) is 28.0 Å². The first-order chi connectivity index (χ1) is 11.6. The highest BCUT2D eigenvalue weighted by Gasteiger charge is 2.20. The topological polar surface area (TPSA) is 229 Å². The third-order valence-electron chi connectivity index (χ3n) is 3.04. The van der Waals surface area contributed by atoms with E-state index >= 15 is 0 Å². The lowest BCUT2D eigenvalue weighted by molar-refractivity contribution is -0.142. The second kappa shape index (κ2) is 11.6. The number of carboxylic acid groups (broad SMARTS) is 1. The van der Waals surface area contributed by atoms with E-state index in [1.807, 2.05) is 0 Å². The van der Waals surface area contributed by atoms with Gasteiger partial charge >= 0.3 is 5.97 Å². The molecule has 11 N–H and O–H groups in total. The molecule has 12 nitrogen and oxygen atoms in total. The lowest BCUT2D eigenvalue weighted by Gasteiger charge is -2.15. The van der Waals surface area contributed by atoms with E-state index in [0.29, 0.717) is 6.42 Å². The maximum absolute atomic E-state index is 11.7. The first-order valence-electron chi connectivity index (χ1n) is 7.52. The predicted octanol–water partition coefficient (Wildman–Crippen LogP) is -3.68. The van der Waals surface area contributed by atoms with Gasteiger partial charge in [0.2, 0.25) is 17.7 Å². The normalized spacial score (nSPS) is 12.5. The van der Waals surface area contributed by atoms with Gasteiger partial charge in [-0.2, -0.15) is 0 Å². The number of hydrogen-bond acceptors (Lipinski definition) is 6. The molecular weight excluding hydrogens is 334 g/mol. The first kappa shape index (κ1) is 22.1. The van der Waals surface area contributed by atoms with Crippen LogP contribution in [0.15, 0.2) is 4.99 Å². The zero-order chi connectivity index (χ0) is 19.4. The molecule has 3 amide bonds. The number of rotatable bonds is 12. The van der Waals surface area contributed by atoms with Crippen LogP contribution in [0.25, 0.3) is 0 Å². The standard InChI is InChI=1S/C13H25N7O5/c14-7(3-4-9(15)21)11(23)19-6-10(22)20-8(12(24)25)2-1-5-18-13(16)17/h7-8H,1-6,14H2,(H2,15,21)(H,19,23)(H,20,22)(H,24,25)(H4,16,17,18)/t7-,8-/m0/s1. The summed E-state index contributed by atoms with van der Waals surface area (Å²) in [5.41, 5.74) is 20.8. The van der Waals surface area contributed by atoms with Gasteiger partial charge in [0.05, 0.1) is 12.6 Å². The van der Waals surface area contributed by atoms with Crippen LogP contribution in [0.1, 0.15) is 25.7 Å². The zero-order valence-electron chi connectivity index (χ0n) is 13.7. The molecule has 0 radical (unpaired) electrons. The summed E-state index contributed by atoms with van der Waals surface area (Å²) in [6.07, 6.45) is 0.451. The molecular formula is C13H25N7O5. The SMILES string of the molecule is NC(=O)CC[C@H](N)C(=O)NCC(=O)N[C@@H](CCCN=C(N)N)C(=O)O. The van der Waals surface area contributed by atoms with Gasteiger partial charge in [0, 0.05) is 13.0 Å². The predicted molar refractivity (Wildman–Crippen MR) is 88.9 cm³/mol. The Morgan fingerprint density at radius 3 is 2.24 bits per heavy atom. The summed E-state index contributed by atoms with van der Waals surface area (Å²) in [6.45, 7) is -0.214. The van der Waals surface area contributed by atoms with Crippen molar-refractivity contribution in [2.45, 2.75) is 37.8 Å². The Bertz CT molecular complexity index is 519. The van der Waals surface area contributed by atoms with E-state index in [9.17, 15) is 19.2 Å². The van der Waals surface area contributed by atoms with Crippen molar-refractivity contribution in [1.29, 1.82) is 0 Å². The Morgan fingerprint density at radius 2 is 1.72 bits per heavy atom. The number of amides is 3.